The average Bonchev–Trinajstić information content (AvgIpc) is 2.62. The molecule has 4 nitrogen and oxygen atoms in total. The molecule has 0 N–H and O–H groups in total. The van der Waals surface area contributed by atoms with Crippen molar-refractivity contribution in [2.24, 2.45) is 0 Å². The predicted octanol–water partition coefficient (Wildman–Crippen LogP) is 3.91. The fourth-order valence-electron chi connectivity index (χ4n) is 1.76. The molecule has 0 aliphatic heterocycles. The molecule has 0 atom stereocenters. The highest BCUT2D eigenvalue weighted by atomic mass is 16.6. The van der Waals surface area contributed by atoms with Crippen molar-refractivity contribution in [1.82, 2.24) is 0 Å². The molecule has 0 bridgehead atoms. The monoisotopic (exact) mass is 309 g/mol. The summed E-state index contributed by atoms with van der Waals surface area (Å²) in [5.41, 5.74) is 2.01. The van der Waals surface area contributed by atoms with Crippen molar-refractivity contribution in [1.29, 1.82) is 0 Å². The van der Waals surface area contributed by atoms with E-state index in [9.17, 15) is 0 Å². The van der Waals surface area contributed by atoms with E-state index in [-0.39, 0.29) is 0 Å². The van der Waals surface area contributed by atoms with Crippen LogP contribution in [0.2, 0.25) is 0 Å². The largest absolute Gasteiger partial charge is 0.657 e. The van der Waals surface area contributed by atoms with E-state index in [1.54, 1.807) is 26.7 Å². The maximum Gasteiger partial charge on any atom is 0.657 e. The first-order chi connectivity index (χ1) is 11.3. The van der Waals surface area contributed by atoms with Crippen LogP contribution in [0.25, 0.3) is 12.2 Å². The number of rotatable bonds is 8. The van der Waals surface area contributed by atoms with Gasteiger partial charge in [-0.15, -0.1) is 0 Å². The first kappa shape index (κ1) is 16.6. The minimum absolute atomic E-state index is 0.821. The van der Waals surface area contributed by atoms with Crippen LogP contribution in [0.4, 0.5) is 0 Å². The maximum atomic E-state index is 5.14. The van der Waals surface area contributed by atoms with Gasteiger partial charge in [0, 0.05) is 0 Å². The van der Waals surface area contributed by atoms with Gasteiger partial charge in [-0.25, -0.2) is 0 Å². The van der Waals surface area contributed by atoms with Crippen LogP contribution in [0.5, 0.6) is 11.5 Å². The highest BCUT2D eigenvalue weighted by Gasteiger charge is 1.93. The zero-order valence-electron chi connectivity index (χ0n) is 13.1. The third-order valence-corrected chi connectivity index (χ3v) is 3.02. The van der Waals surface area contributed by atoms with E-state index in [1.165, 1.54) is 7.69 Å². The van der Waals surface area contributed by atoms with Crippen molar-refractivity contribution < 1.29 is 18.8 Å². The summed E-state index contributed by atoms with van der Waals surface area (Å²) in [6.07, 6.45) is 6.74. The van der Waals surface area contributed by atoms with Crippen LogP contribution in [0, 0.1) is 0 Å². The van der Waals surface area contributed by atoms with E-state index in [2.05, 4.69) is 0 Å². The standard InChI is InChI=1S/C18H18BO4/c1-20-17-7-3-15(4-8-17)11-13-22-19-23-14-12-16-5-9-18(21-2)10-6-16/h3-14H,1-2H3. The summed E-state index contributed by atoms with van der Waals surface area (Å²) < 4.78 is 20.5. The minimum atomic E-state index is 0.821. The topological polar surface area (TPSA) is 36.9 Å². The molecule has 0 aromatic heterocycles. The van der Waals surface area contributed by atoms with Crippen molar-refractivity contribution in [2.75, 3.05) is 14.2 Å². The number of ether oxygens (including phenoxy) is 2. The first-order valence-electron chi connectivity index (χ1n) is 7.05. The van der Waals surface area contributed by atoms with Crippen molar-refractivity contribution in [3.8, 4) is 11.5 Å². The molecule has 0 unspecified atom stereocenters. The zero-order valence-corrected chi connectivity index (χ0v) is 13.1. The van der Waals surface area contributed by atoms with E-state index in [1.807, 2.05) is 60.7 Å². The second-order valence-corrected chi connectivity index (χ2v) is 4.52. The molecular weight excluding hydrogens is 291 g/mol. The summed E-state index contributed by atoms with van der Waals surface area (Å²) in [5.74, 6) is 1.64. The summed E-state index contributed by atoms with van der Waals surface area (Å²) in [6, 6.07) is 15.3. The molecule has 0 saturated carbocycles. The first-order valence-corrected chi connectivity index (χ1v) is 7.05. The number of methoxy groups -OCH3 is 2. The van der Waals surface area contributed by atoms with E-state index < -0.39 is 0 Å². The minimum Gasteiger partial charge on any atom is -0.532 e. The third kappa shape index (κ3) is 5.83. The fraction of sp³-hybridized carbons (Fsp3) is 0.111. The van der Waals surface area contributed by atoms with Crippen LogP contribution < -0.4 is 9.47 Å². The number of hydrogen-bond donors (Lipinski definition) is 0. The summed E-state index contributed by atoms with van der Waals surface area (Å²) in [7, 11) is 4.53. The highest BCUT2D eigenvalue weighted by Crippen LogP contribution is 2.13. The van der Waals surface area contributed by atoms with Crippen molar-refractivity contribution in [3.63, 3.8) is 0 Å². The van der Waals surface area contributed by atoms with Gasteiger partial charge >= 0.3 is 7.69 Å². The third-order valence-electron chi connectivity index (χ3n) is 3.02. The van der Waals surface area contributed by atoms with Crippen LogP contribution in [0.3, 0.4) is 0 Å². The van der Waals surface area contributed by atoms with E-state index in [0.29, 0.717) is 0 Å². The molecule has 0 aliphatic carbocycles. The Hall–Kier alpha value is -2.82. The molecule has 117 valence electrons. The van der Waals surface area contributed by atoms with Crippen LogP contribution in [-0.2, 0) is 9.31 Å². The van der Waals surface area contributed by atoms with E-state index >= 15 is 0 Å². The van der Waals surface area contributed by atoms with Gasteiger partial charge in [-0.3, -0.25) is 0 Å². The van der Waals surface area contributed by atoms with Gasteiger partial charge in [0.2, 0.25) is 0 Å². The molecule has 0 amide bonds. The predicted molar refractivity (Wildman–Crippen MR) is 92.0 cm³/mol. The van der Waals surface area contributed by atoms with Gasteiger partial charge in [-0.05, 0) is 47.5 Å². The average molecular weight is 309 g/mol. The maximum absolute atomic E-state index is 5.14. The SMILES string of the molecule is COc1ccc(C=CO[B]OC=Cc2ccc(OC)cc2)cc1. The lowest BCUT2D eigenvalue weighted by molar-refractivity contribution is 0.379. The number of benzene rings is 2. The molecule has 0 fully saturated rings. The Kier molecular flexibility index (Phi) is 6.66. The molecule has 2 aromatic rings. The van der Waals surface area contributed by atoms with Gasteiger partial charge in [-0.1, -0.05) is 24.3 Å². The smallest absolute Gasteiger partial charge is 0.532 e. The van der Waals surface area contributed by atoms with E-state index in [4.69, 9.17) is 18.8 Å². The van der Waals surface area contributed by atoms with Crippen molar-refractivity contribution in [3.05, 3.63) is 72.2 Å². The number of hydrogen-bond acceptors (Lipinski definition) is 4. The normalized spacial score (nSPS) is 10.7. The molecule has 2 rings (SSSR count). The summed E-state index contributed by atoms with van der Waals surface area (Å²) in [6.45, 7) is 0. The van der Waals surface area contributed by atoms with Crippen LogP contribution in [-0.4, -0.2) is 21.9 Å². The molecule has 1 radical (unpaired) electrons. The Morgan fingerprint density at radius 2 is 1.04 bits per heavy atom. The summed E-state index contributed by atoms with van der Waals surface area (Å²) in [5, 5.41) is 0. The molecule has 23 heavy (non-hydrogen) atoms. The lowest BCUT2D eigenvalue weighted by Gasteiger charge is -2.00. The van der Waals surface area contributed by atoms with Crippen molar-refractivity contribution in [2.45, 2.75) is 0 Å². The molecule has 0 heterocycles. The Bertz CT molecular complexity index is 576. The van der Waals surface area contributed by atoms with E-state index in [0.717, 1.165) is 22.6 Å². The Labute approximate surface area is 137 Å². The summed E-state index contributed by atoms with van der Waals surface area (Å²) in [4.78, 5) is 0. The lowest BCUT2D eigenvalue weighted by Crippen LogP contribution is -1.93. The fourth-order valence-corrected chi connectivity index (χ4v) is 1.76. The van der Waals surface area contributed by atoms with Crippen LogP contribution in [0.15, 0.2) is 61.1 Å². The zero-order chi connectivity index (χ0) is 16.3. The van der Waals surface area contributed by atoms with Gasteiger partial charge in [0.15, 0.2) is 0 Å². The lowest BCUT2D eigenvalue weighted by atomic mass is 10.2. The second-order valence-electron chi connectivity index (χ2n) is 4.52. The second kappa shape index (κ2) is 9.25. The molecule has 0 aliphatic rings. The van der Waals surface area contributed by atoms with Crippen LogP contribution >= 0.6 is 0 Å². The van der Waals surface area contributed by atoms with Gasteiger partial charge in [0.05, 0.1) is 26.7 Å². The van der Waals surface area contributed by atoms with Gasteiger partial charge < -0.3 is 18.8 Å². The Morgan fingerprint density at radius 1 is 0.652 bits per heavy atom. The molecular formula is C18H18BO4. The van der Waals surface area contributed by atoms with Gasteiger partial charge in [-0.2, -0.15) is 0 Å². The quantitative estimate of drug-likeness (QED) is 0.421. The Balaban J connectivity index is 1.68. The molecule has 0 spiro atoms. The summed E-state index contributed by atoms with van der Waals surface area (Å²) >= 11 is 0. The van der Waals surface area contributed by atoms with Gasteiger partial charge in [0.1, 0.15) is 11.5 Å². The van der Waals surface area contributed by atoms with Crippen LogP contribution in [0.1, 0.15) is 11.1 Å². The molecule has 2 aromatic carbocycles. The highest BCUT2D eigenvalue weighted by molar-refractivity contribution is 6.18. The van der Waals surface area contributed by atoms with Gasteiger partial charge in [0.25, 0.3) is 0 Å². The molecule has 5 heteroatoms. The molecule has 0 saturated heterocycles. The van der Waals surface area contributed by atoms with Crippen molar-refractivity contribution >= 4 is 19.8 Å². The Morgan fingerprint density at radius 3 is 1.39 bits per heavy atom.